The Morgan fingerprint density at radius 2 is 2.19 bits per heavy atom. The molecule has 0 bridgehead atoms. The second-order valence-corrected chi connectivity index (χ2v) is 3.82. The number of H-pyrrole nitrogens is 1. The predicted octanol–water partition coefficient (Wildman–Crippen LogP) is 0.581. The molecule has 2 rings (SSSR count). The number of nitrogens with one attached hydrogen (secondary N) is 1. The van der Waals surface area contributed by atoms with Crippen LogP contribution in [0.5, 0.6) is 0 Å². The Labute approximate surface area is 92.5 Å². The number of hydrogen-bond acceptors (Lipinski definition) is 4. The Bertz CT molecular complexity index is 568. The molecule has 0 atom stereocenters. The molecule has 2 aromatic rings. The van der Waals surface area contributed by atoms with Crippen LogP contribution in [-0.4, -0.2) is 19.5 Å². The second-order valence-electron chi connectivity index (χ2n) is 3.82. The van der Waals surface area contributed by atoms with Crippen molar-refractivity contribution < 1.29 is 0 Å². The molecule has 0 radical (unpaired) electrons. The van der Waals surface area contributed by atoms with Crippen molar-refractivity contribution in [3.8, 4) is 0 Å². The first-order valence-electron chi connectivity index (χ1n) is 5.34. The van der Waals surface area contributed by atoms with Crippen LogP contribution in [0, 0.1) is 0 Å². The molecule has 0 aromatic carbocycles. The number of anilines is 1. The van der Waals surface area contributed by atoms with Crippen molar-refractivity contribution in [3.05, 3.63) is 16.2 Å². The van der Waals surface area contributed by atoms with Crippen molar-refractivity contribution in [1.29, 1.82) is 0 Å². The Balaban J connectivity index is 2.53. The van der Waals surface area contributed by atoms with Crippen LogP contribution in [0.4, 0.5) is 5.95 Å². The number of aromatic nitrogens is 4. The lowest BCUT2D eigenvalue weighted by atomic mass is 10.2. The summed E-state index contributed by atoms with van der Waals surface area (Å²) in [5.74, 6) is 0.984. The number of unbranched alkanes of at least 4 members (excludes halogenated alkanes) is 1. The summed E-state index contributed by atoms with van der Waals surface area (Å²) < 4.78 is 1.31. The molecule has 0 unspecified atom stereocenters. The van der Waals surface area contributed by atoms with E-state index in [0.717, 1.165) is 25.1 Å². The SMILES string of the molecule is CCCCc1nc2nc(N)n(C)c(=O)c2[nH]1. The van der Waals surface area contributed by atoms with Crippen molar-refractivity contribution in [2.45, 2.75) is 26.2 Å². The lowest BCUT2D eigenvalue weighted by Crippen LogP contribution is -2.21. The first-order chi connectivity index (χ1) is 7.63. The van der Waals surface area contributed by atoms with Crippen LogP contribution >= 0.6 is 0 Å². The van der Waals surface area contributed by atoms with Crippen molar-refractivity contribution >= 4 is 17.1 Å². The quantitative estimate of drug-likeness (QED) is 0.793. The summed E-state index contributed by atoms with van der Waals surface area (Å²) in [6.07, 6.45) is 2.95. The van der Waals surface area contributed by atoms with Gasteiger partial charge >= 0.3 is 0 Å². The van der Waals surface area contributed by atoms with Gasteiger partial charge in [0.25, 0.3) is 5.56 Å². The molecule has 2 aromatic heterocycles. The number of nitrogens with zero attached hydrogens (tertiary/aromatic N) is 3. The van der Waals surface area contributed by atoms with Crippen LogP contribution in [-0.2, 0) is 13.5 Å². The van der Waals surface area contributed by atoms with Gasteiger partial charge in [0.15, 0.2) is 11.2 Å². The van der Waals surface area contributed by atoms with Gasteiger partial charge in [0, 0.05) is 13.5 Å². The first kappa shape index (κ1) is 10.7. The highest BCUT2D eigenvalue weighted by Crippen LogP contribution is 2.08. The summed E-state index contributed by atoms with van der Waals surface area (Å²) in [7, 11) is 1.59. The fraction of sp³-hybridized carbons (Fsp3) is 0.500. The van der Waals surface area contributed by atoms with E-state index in [2.05, 4.69) is 21.9 Å². The minimum Gasteiger partial charge on any atom is -0.369 e. The Morgan fingerprint density at radius 3 is 2.88 bits per heavy atom. The van der Waals surface area contributed by atoms with Crippen molar-refractivity contribution in [3.63, 3.8) is 0 Å². The number of imidazole rings is 1. The second kappa shape index (κ2) is 3.96. The molecule has 86 valence electrons. The van der Waals surface area contributed by atoms with E-state index in [1.165, 1.54) is 4.57 Å². The number of hydrogen-bond donors (Lipinski definition) is 2. The van der Waals surface area contributed by atoms with Gasteiger partial charge in [-0.05, 0) is 6.42 Å². The van der Waals surface area contributed by atoms with Crippen LogP contribution in [0.1, 0.15) is 25.6 Å². The molecule has 0 saturated heterocycles. The standard InChI is InChI=1S/C10H15N5O/c1-3-4-5-6-12-7-8(13-6)14-10(11)15(2)9(7)16/h3-5H2,1-2H3,(H2,11,14)(H,12,13). The molecule has 3 N–H and O–H groups in total. The van der Waals surface area contributed by atoms with Gasteiger partial charge in [0.05, 0.1) is 0 Å². The first-order valence-corrected chi connectivity index (χ1v) is 5.34. The maximum atomic E-state index is 11.8. The van der Waals surface area contributed by atoms with E-state index < -0.39 is 0 Å². The number of nitrogens with two attached hydrogens (primary N) is 1. The van der Waals surface area contributed by atoms with Gasteiger partial charge in [-0.2, -0.15) is 4.98 Å². The largest absolute Gasteiger partial charge is 0.369 e. The van der Waals surface area contributed by atoms with E-state index in [-0.39, 0.29) is 11.5 Å². The number of aryl methyl sites for hydroxylation is 1. The molecule has 6 nitrogen and oxygen atoms in total. The highest BCUT2D eigenvalue weighted by Gasteiger charge is 2.10. The van der Waals surface area contributed by atoms with Crippen molar-refractivity contribution in [2.75, 3.05) is 5.73 Å². The number of nitrogen functional groups attached to an aromatic ring is 1. The minimum atomic E-state index is -0.183. The fourth-order valence-electron chi connectivity index (χ4n) is 1.56. The molecule has 0 spiro atoms. The predicted molar refractivity (Wildman–Crippen MR) is 62.2 cm³/mol. The molecular weight excluding hydrogens is 206 g/mol. The van der Waals surface area contributed by atoms with Crippen molar-refractivity contribution in [2.24, 2.45) is 7.05 Å². The summed E-state index contributed by atoms with van der Waals surface area (Å²) in [6, 6.07) is 0. The van der Waals surface area contributed by atoms with Gasteiger partial charge < -0.3 is 10.7 Å². The van der Waals surface area contributed by atoms with Crippen molar-refractivity contribution in [1.82, 2.24) is 19.5 Å². The van der Waals surface area contributed by atoms with E-state index in [0.29, 0.717) is 11.2 Å². The molecule has 0 fully saturated rings. The van der Waals surface area contributed by atoms with Gasteiger partial charge in [-0.15, -0.1) is 0 Å². The highest BCUT2D eigenvalue weighted by molar-refractivity contribution is 5.70. The number of aromatic amines is 1. The third-order valence-corrected chi connectivity index (χ3v) is 2.58. The summed E-state index contributed by atoms with van der Waals surface area (Å²) in [4.78, 5) is 23.1. The summed E-state index contributed by atoms with van der Waals surface area (Å²) >= 11 is 0. The molecule has 0 saturated carbocycles. The molecule has 16 heavy (non-hydrogen) atoms. The average molecular weight is 221 g/mol. The number of fused-ring (bicyclic) bond motifs is 1. The maximum Gasteiger partial charge on any atom is 0.280 e. The lowest BCUT2D eigenvalue weighted by molar-refractivity contribution is 0.764. The third kappa shape index (κ3) is 1.66. The third-order valence-electron chi connectivity index (χ3n) is 2.58. The van der Waals surface area contributed by atoms with Crippen LogP contribution < -0.4 is 11.3 Å². The topological polar surface area (TPSA) is 89.6 Å². The average Bonchev–Trinajstić information content (AvgIpc) is 2.66. The van der Waals surface area contributed by atoms with E-state index in [9.17, 15) is 4.79 Å². The molecule has 6 heteroatoms. The molecule has 2 heterocycles. The smallest absolute Gasteiger partial charge is 0.280 e. The van der Waals surface area contributed by atoms with Crippen LogP contribution in [0.3, 0.4) is 0 Å². The van der Waals surface area contributed by atoms with Gasteiger partial charge in [-0.25, -0.2) is 4.98 Å². The van der Waals surface area contributed by atoms with Crippen LogP contribution in [0.15, 0.2) is 4.79 Å². The van der Waals surface area contributed by atoms with Gasteiger partial charge in [-0.1, -0.05) is 13.3 Å². The summed E-state index contributed by atoms with van der Waals surface area (Å²) in [6.45, 7) is 2.11. The molecule has 0 amide bonds. The molecule has 0 aliphatic carbocycles. The van der Waals surface area contributed by atoms with Gasteiger partial charge in [0.2, 0.25) is 5.95 Å². The fourth-order valence-corrected chi connectivity index (χ4v) is 1.56. The van der Waals surface area contributed by atoms with E-state index in [1.54, 1.807) is 7.05 Å². The molecular formula is C10H15N5O. The highest BCUT2D eigenvalue weighted by atomic mass is 16.1. The lowest BCUT2D eigenvalue weighted by Gasteiger charge is -1.99. The van der Waals surface area contributed by atoms with Gasteiger partial charge in [0.1, 0.15) is 5.82 Å². The van der Waals surface area contributed by atoms with E-state index >= 15 is 0 Å². The zero-order valence-corrected chi connectivity index (χ0v) is 9.45. The zero-order chi connectivity index (χ0) is 11.7. The Morgan fingerprint density at radius 1 is 1.44 bits per heavy atom. The molecule has 0 aliphatic heterocycles. The van der Waals surface area contributed by atoms with E-state index in [1.807, 2.05) is 0 Å². The normalized spacial score (nSPS) is 11.1. The monoisotopic (exact) mass is 221 g/mol. The Kier molecular flexibility index (Phi) is 2.64. The van der Waals surface area contributed by atoms with E-state index in [4.69, 9.17) is 5.73 Å². The van der Waals surface area contributed by atoms with Crippen LogP contribution in [0.25, 0.3) is 11.2 Å². The Hall–Kier alpha value is -1.85. The van der Waals surface area contributed by atoms with Crippen LogP contribution in [0.2, 0.25) is 0 Å². The van der Waals surface area contributed by atoms with Gasteiger partial charge in [-0.3, -0.25) is 9.36 Å². The minimum absolute atomic E-state index is 0.183. The zero-order valence-electron chi connectivity index (χ0n) is 9.45. The maximum absolute atomic E-state index is 11.8. The summed E-state index contributed by atoms with van der Waals surface area (Å²) in [5.41, 5.74) is 6.25. The molecule has 0 aliphatic rings. The number of rotatable bonds is 3. The summed E-state index contributed by atoms with van der Waals surface area (Å²) in [5, 5.41) is 0.